The number of hydrogen-bond donors (Lipinski definition) is 1. The lowest BCUT2D eigenvalue weighted by atomic mass is 9.95. The zero-order valence-electron chi connectivity index (χ0n) is 17.8. The predicted molar refractivity (Wildman–Crippen MR) is 122 cm³/mol. The zero-order valence-corrected chi connectivity index (χ0v) is 17.8. The third-order valence-corrected chi connectivity index (χ3v) is 6.08. The Kier molecular flexibility index (Phi) is 5.35. The van der Waals surface area contributed by atoms with Crippen molar-refractivity contribution in [1.29, 1.82) is 0 Å². The summed E-state index contributed by atoms with van der Waals surface area (Å²) in [6.45, 7) is 0.519. The van der Waals surface area contributed by atoms with Crippen molar-refractivity contribution in [2.24, 2.45) is 0 Å². The number of rotatable bonds is 6. The number of nitrogens with one attached hydrogen (secondary N) is 1. The van der Waals surface area contributed by atoms with Crippen molar-refractivity contribution in [2.45, 2.75) is 31.9 Å². The molecule has 162 valence electrons. The molecule has 0 radical (unpaired) electrons. The van der Waals surface area contributed by atoms with Gasteiger partial charge in [-0.25, -0.2) is 4.39 Å². The van der Waals surface area contributed by atoms with Crippen LogP contribution in [0.3, 0.4) is 0 Å². The Morgan fingerprint density at radius 1 is 1.16 bits per heavy atom. The Morgan fingerprint density at radius 2 is 2.00 bits per heavy atom. The fourth-order valence-electron chi connectivity index (χ4n) is 4.49. The summed E-state index contributed by atoms with van der Waals surface area (Å²) in [6, 6.07) is 18.8. The average molecular weight is 429 g/mol. The number of amides is 1. The average Bonchev–Trinajstić information content (AvgIpc) is 3.41. The van der Waals surface area contributed by atoms with Gasteiger partial charge in [-0.1, -0.05) is 36.4 Å². The van der Waals surface area contributed by atoms with Crippen LogP contribution < -0.4 is 10.1 Å². The topological polar surface area (TPSA) is 56.2 Å². The van der Waals surface area contributed by atoms with Gasteiger partial charge < -0.3 is 10.1 Å². The van der Waals surface area contributed by atoms with Crippen molar-refractivity contribution in [3.63, 3.8) is 0 Å². The quantitative estimate of drug-likeness (QED) is 0.467. The summed E-state index contributed by atoms with van der Waals surface area (Å²) in [5.41, 5.74) is 4.73. The van der Waals surface area contributed by atoms with Crippen LogP contribution in [0.15, 0.2) is 66.9 Å². The molecule has 0 bridgehead atoms. The molecule has 6 heteroatoms. The smallest absolute Gasteiger partial charge is 0.221 e. The van der Waals surface area contributed by atoms with E-state index in [0.29, 0.717) is 18.5 Å². The normalized spacial score (nSPS) is 15.0. The molecule has 0 fully saturated rings. The molecule has 1 unspecified atom stereocenters. The molecule has 5 rings (SSSR count). The Hall–Kier alpha value is -3.67. The van der Waals surface area contributed by atoms with Gasteiger partial charge in [-0.05, 0) is 48.2 Å². The number of carbonyl (C=O) groups excluding carboxylic acids is 1. The maximum atomic E-state index is 14.5. The number of aryl methyl sites for hydroxylation is 2. The van der Waals surface area contributed by atoms with Crippen molar-refractivity contribution in [2.75, 3.05) is 7.05 Å². The van der Waals surface area contributed by atoms with E-state index in [0.717, 1.165) is 40.6 Å². The first-order valence-corrected chi connectivity index (χ1v) is 10.8. The van der Waals surface area contributed by atoms with Gasteiger partial charge in [-0.3, -0.25) is 9.48 Å². The van der Waals surface area contributed by atoms with Gasteiger partial charge in [0, 0.05) is 30.0 Å². The number of benzene rings is 3. The minimum absolute atomic E-state index is 0.0147. The van der Waals surface area contributed by atoms with Crippen molar-refractivity contribution >= 4 is 16.8 Å². The lowest BCUT2D eigenvalue weighted by Crippen LogP contribution is -2.19. The number of aromatic nitrogens is 2. The third-order valence-electron chi connectivity index (χ3n) is 6.08. The highest BCUT2D eigenvalue weighted by molar-refractivity contribution is 5.81. The van der Waals surface area contributed by atoms with Crippen LogP contribution in [-0.2, 0) is 17.8 Å². The van der Waals surface area contributed by atoms with Gasteiger partial charge in [-0.2, -0.15) is 5.10 Å². The fraction of sp³-hybridized carbons (Fsp3) is 0.231. The number of halogens is 1. The van der Waals surface area contributed by atoms with Crippen LogP contribution in [-0.4, -0.2) is 22.7 Å². The number of fused-ring (bicyclic) bond motifs is 2. The second-order valence-corrected chi connectivity index (χ2v) is 8.01. The number of nitrogens with zero attached hydrogens (tertiary/aromatic N) is 2. The zero-order chi connectivity index (χ0) is 22.1. The van der Waals surface area contributed by atoms with E-state index >= 15 is 0 Å². The summed E-state index contributed by atoms with van der Waals surface area (Å²) in [7, 11) is 1.63. The molecular formula is C26H24FN3O2. The summed E-state index contributed by atoms with van der Waals surface area (Å²) in [4.78, 5) is 11.5. The monoisotopic (exact) mass is 429 g/mol. The molecular weight excluding hydrogens is 405 g/mol. The first-order chi connectivity index (χ1) is 15.6. The van der Waals surface area contributed by atoms with Crippen LogP contribution in [0.5, 0.6) is 5.75 Å². The summed E-state index contributed by atoms with van der Waals surface area (Å²) in [5, 5.41) is 8.00. The Morgan fingerprint density at radius 3 is 2.84 bits per heavy atom. The molecule has 5 nitrogen and oxygen atoms in total. The largest absolute Gasteiger partial charge is 0.486 e. The molecule has 1 aromatic heterocycles. The highest BCUT2D eigenvalue weighted by atomic mass is 19.1. The van der Waals surface area contributed by atoms with E-state index < -0.39 is 0 Å². The van der Waals surface area contributed by atoms with E-state index in [4.69, 9.17) is 4.74 Å². The third kappa shape index (κ3) is 3.73. The van der Waals surface area contributed by atoms with Gasteiger partial charge in [0.2, 0.25) is 5.91 Å². The first kappa shape index (κ1) is 20.2. The van der Waals surface area contributed by atoms with Crippen molar-refractivity contribution in [3.8, 4) is 16.9 Å². The summed E-state index contributed by atoms with van der Waals surface area (Å²) < 4.78 is 22.8. The van der Waals surface area contributed by atoms with Crippen molar-refractivity contribution in [1.82, 2.24) is 15.1 Å². The van der Waals surface area contributed by atoms with Crippen LogP contribution in [0.4, 0.5) is 4.39 Å². The molecule has 0 aliphatic heterocycles. The van der Waals surface area contributed by atoms with E-state index in [1.165, 1.54) is 11.6 Å². The molecule has 1 aliphatic rings. The molecule has 0 saturated carbocycles. The molecule has 4 aromatic rings. The first-order valence-electron chi connectivity index (χ1n) is 10.8. The lowest BCUT2D eigenvalue weighted by Gasteiger charge is -2.19. The van der Waals surface area contributed by atoms with Gasteiger partial charge in [0.1, 0.15) is 17.7 Å². The van der Waals surface area contributed by atoms with Crippen molar-refractivity contribution in [3.05, 3.63) is 83.8 Å². The summed E-state index contributed by atoms with van der Waals surface area (Å²) >= 11 is 0. The van der Waals surface area contributed by atoms with Crippen LogP contribution in [0.2, 0.25) is 0 Å². The summed E-state index contributed by atoms with van der Waals surface area (Å²) in [5.74, 6) is 0.515. The summed E-state index contributed by atoms with van der Waals surface area (Å²) in [6.07, 6.45) is 3.79. The Labute approximate surface area is 185 Å². The van der Waals surface area contributed by atoms with Crippen LogP contribution >= 0.6 is 0 Å². The van der Waals surface area contributed by atoms with E-state index in [1.54, 1.807) is 19.3 Å². The minimum Gasteiger partial charge on any atom is -0.486 e. The predicted octanol–water partition coefficient (Wildman–Crippen LogP) is 5.04. The van der Waals surface area contributed by atoms with Crippen LogP contribution in [0, 0.1) is 5.82 Å². The fourth-order valence-corrected chi connectivity index (χ4v) is 4.49. The maximum absolute atomic E-state index is 14.5. The molecule has 1 aliphatic carbocycles. The number of carbonyl (C=O) groups is 1. The van der Waals surface area contributed by atoms with Crippen LogP contribution in [0.25, 0.3) is 22.0 Å². The van der Waals surface area contributed by atoms with E-state index in [-0.39, 0.29) is 17.8 Å². The second kappa shape index (κ2) is 8.46. The molecule has 0 spiro atoms. The molecule has 1 amide bonds. The molecule has 1 heterocycles. The van der Waals surface area contributed by atoms with Gasteiger partial charge in [0.05, 0.1) is 18.3 Å². The molecule has 1 atom stereocenters. The van der Waals surface area contributed by atoms with E-state index in [2.05, 4.69) is 16.5 Å². The van der Waals surface area contributed by atoms with Gasteiger partial charge in [-0.15, -0.1) is 0 Å². The minimum atomic E-state index is -0.225. The Bertz CT molecular complexity index is 1300. The molecule has 0 saturated heterocycles. The van der Waals surface area contributed by atoms with Gasteiger partial charge in [0.25, 0.3) is 0 Å². The number of hydrogen-bond acceptors (Lipinski definition) is 3. The Balaban J connectivity index is 1.42. The highest BCUT2D eigenvalue weighted by Crippen LogP contribution is 2.42. The molecule has 32 heavy (non-hydrogen) atoms. The standard InChI is InChI=1S/C26H24FN3O2/c1-28-25(31)13-14-30-23-11-10-19(15-18(23)16-29-30)32-24-12-9-17-5-4-7-21(26(17)24)20-6-2-3-8-22(20)27/h2-8,10-11,15-16,24H,9,12-14H2,1H3,(H,28,31). The second-order valence-electron chi connectivity index (χ2n) is 8.01. The van der Waals surface area contributed by atoms with Gasteiger partial charge >= 0.3 is 0 Å². The highest BCUT2D eigenvalue weighted by Gasteiger charge is 2.28. The van der Waals surface area contributed by atoms with E-state index in [9.17, 15) is 9.18 Å². The van der Waals surface area contributed by atoms with E-state index in [1.807, 2.05) is 47.1 Å². The molecule has 1 N–H and O–H groups in total. The van der Waals surface area contributed by atoms with Gasteiger partial charge in [0.15, 0.2) is 0 Å². The number of ether oxygens (including phenoxy) is 1. The van der Waals surface area contributed by atoms with Crippen LogP contribution in [0.1, 0.15) is 30.1 Å². The lowest BCUT2D eigenvalue weighted by molar-refractivity contribution is -0.120. The maximum Gasteiger partial charge on any atom is 0.221 e. The molecule has 3 aromatic carbocycles. The van der Waals surface area contributed by atoms with Crippen molar-refractivity contribution < 1.29 is 13.9 Å². The SMILES string of the molecule is CNC(=O)CCn1ncc2cc(OC3CCc4cccc(-c5ccccc5F)c43)ccc21.